The van der Waals surface area contributed by atoms with E-state index in [9.17, 15) is 27.9 Å². The maximum Gasteiger partial charge on any atom is 0.422 e. The van der Waals surface area contributed by atoms with Gasteiger partial charge in [0.15, 0.2) is 24.7 Å². The molecule has 9 heteroatoms. The predicted molar refractivity (Wildman–Crippen MR) is 85.0 cm³/mol. The van der Waals surface area contributed by atoms with Gasteiger partial charge < -0.3 is 19.5 Å². The highest BCUT2D eigenvalue weighted by Crippen LogP contribution is 2.29. The van der Waals surface area contributed by atoms with Crippen molar-refractivity contribution in [3.8, 4) is 11.5 Å². The van der Waals surface area contributed by atoms with Crippen LogP contribution in [-0.4, -0.2) is 53.9 Å². The fourth-order valence-corrected chi connectivity index (χ4v) is 2.74. The first-order chi connectivity index (χ1) is 12.2. The van der Waals surface area contributed by atoms with Crippen LogP contribution in [0.1, 0.15) is 19.8 Å². The number of amides is 1. The Morgan fingerprint density at radius 3 is 2.42 bits per heavy atom. The van der Waals surface area contributed by atoms with Crippen LogP contribution in [0, 0.1) is 5.92 Å². The van der Waals surface area contributed by atoms with E-state index in [0.29, 0.717) is 19.4 Å². The van der Waals surface area contributed by atoms with Crippen molar-refractivity contribution in [2.45, 2.75) is 32.0 Å². The summed E-state index contributed by atoms with van der Waals surface area (Å²) in [6, 6.07) is 4.77. The molecule has 2 unspecified atom stereocenters. The van der Waals surface area contributed by atoms with E-state index in [1.165, 1.54) is 29.2 Å². The minimum absolute atomic E-state index is 0.0117. The Kier molecular flexibility index (Phi) is 6.33. The van der Waals surface area contributed by atoms with Crippen molar-refractivity contribution < 1.29 is 37.3 Å². The van der Waals surface area contributed by atoms with E-state index in [-0.39, 0.29) is 17.4 Å². The number of ether oxygens (including phenoxy) is 2. The zero-order valence-corrected chi connectivity index (χ0v) is 14.2. The van der Waals surface area contributed by atoms with E-state index in [0.717, 1.165) is 0 Å². The molecule has 0 saturated carbocycles. The average Bonchev–Trinajstić information content (AvgIpc) is 2.57. The van der Waals surface area contributed by atoms with Crippen LogP contribution in [0.2, 0.25) is 0 Å². The van der Waals surface area contributed by atoms with Crippen LogP contribution in [0.3, 0.4) is 0 Å². The monoisotopic (exact) mass is 375 g/mol. The number of carboxylic acid groups (broad SMARTS) is 1. The number of alkyl halides is 3. The number of nitrogens with zero attached hydrogens (tertiary/aromatic N) is 1. The van der Waals surface area contributed by atoms with Gasteiger partial charge in [-0.2, -0.15) is 13.2 Å². The number of carbonyl (C=O) groups is 2. The van der Waals surface area contributed by atoms with Crippen molar-refractivity contribution in [3.63, 3.8) is 0 Å². The Morgan fingerprint density at radius 2 is 1.85 bits per heavy atom. The van der Waals surface area contributed by atoms with Crippen molar-refractivity contribution in [1.82, 2.24) is 4.90 Å². The smallest absolute Gasteiger partial charge is 0.422 e. The number of halogens is 3. The maximum absolute atomic E-state index is 12.3. The third kappa shape index (κ3) is 5.53. The number of likely N-dealkylation sites (tertiary alicyclic amines) is 1. The molecule has 0 aliphatic carbocycles. The highest BCUT2D eigenvalue weighted by Gasteiger charge is 2.35. The molecule has 1 N–H and O–H groups in total. The number of para-hydroxylation sites is 2. The molecule has 0 aromatic heterocycles. The van der Waals surface area contributed by atoms with Crippen molar-refractivity contribution in [2.75, 3.05) is 19.8 Å². The van der Waals surface area contributed by atoms with Crippen molar-refractivity contribution in [2.24, 2.45) is 5.92 Å². The number of carbonyl (C=O) groups excluding carboxylic acids is 1. The molecule has 6 nitrogen and oxygen atoms in total. The summed E-state index contributed by atoms with van der Waals surface area (Å²) in [7, 11) is 0. The van der Waals surface area contributed by atoms with Gasteiger partial charge in [0.2, 0.25) is 0 Å². The molecule has 1 aromatic carbocycles. The Hall–Kier alpha value is -2.45. The number of piperidine rings is 1. The van der Waals surface area contributed by atoms with E-state index in [4.69, 9.17) is 4.74 Å². The molecule has 26 heavy (non-hydrogen) atoms. The van der Waals surface area contributed by atoms with Crippen LogP contribution in [0.5, 0.6) is 11.5 Å². The SMILES string of the molecule is CC1CCN(C(=O)COc2ccccc2OCC(F)(F)F)C(C(=O)O)C1. The van der Waals surface area contributed by atoms with Gasteiger partial charge in [-0.25, -0.2) is 4.79 Å². The Balaban J connectivity index is 1.99. The van der Waals surface area contributed by atoms with Crippen LogP contribution in [0.15, 0.2) is 24.3 Å². The molecule has 1 amide bonds. The summed E-state index contributed by atoms with van der Waals surface area (Å²) in [6.07, 6.45) is -3.46. The maximum atomic E-state index is 12.3. The predicted octanol–water partition coefficient (Wildman–Crippen LogP) is 2.72. The fraction of sp³-hybridized carbons (Fsp3) is 0.529. The second-order valence-electron chi connectivity index (χ2n) is 6.21. The summed E-state index contributed by atoms with van der Waals surface area (Å²) in [5.74, 6) is -1.58. The summed E-state index contributed by atoms with van der Waals surface area (Å²) in [5.41, 5.74) is 0. The van der Waals surface area contributed by atoms with Gasteiger partial charge in [0.25, 0.3) is 5.91 Å². The van der Waals surface area contributed by atoms with E-state index in [1.54, 1.807) is 0 Å². The lowest BCUT2D eigenvalue weighted by molar-refractivity contribution is -0.154. The standard InChI is InChI=1S/C17H20F3NO5/c1-11-6-7-21(12(8-11)16(23)24)15(22)9-25-13-4-2-3-5-14(13)26-10-17(18,19)20/h2-5,11-12H,6-10H2,1H3,(H,23,24). The van der Waals surface area contributed by atoms with Gasteiger partial charge in [-0.15, -0.1) is 0 Å². The summed E-state index contributed by atoms with van der Waals surface area (Å²) >= 11 is 0. The molecular weight excluding hydrogens is 355 g/mol. The largest absolute Gasteiger partial charge is 0.480 e. The van der Waals surface area contributed by atoms with E-state index >= 15 is 0 Å². The molecule has 1 aliphatic heterocycles. The summed E-state index contributed by atoms with van der Waals surface area (Å²) in [6.45, 7) is 0.256. The van der Waals surface area contributed by atoms with Gasteiger partial charge in [-0.05, 0) is 30.9 Å². The van der Waals surface area contributed by atoms with Crippen molar-refractivity contribution in [1.29, 1.82) is 0 Å². The first kappa shape index (κ1) is 19.9. The third-order valence-electron chi connectivity index (χ3n) is 4.06. The first-order valence-corrected chi connectivity index (χ1v) is 8.11. The average molecular weight is 375 g/mol. The molecular formula is C17H20F3NO5. The number of hydrogen-bond donors (Lipinski definition) is 1. The van der Waals surface area contributed by atoms with Crippen LogP contribution in [0.4, 0.5) is 13.2 Å². The lowest BCUT2D eigenvalue weighted by Gasteiger charge is -2.35. The lowest BCUT2D eigenvalue weighted by atomic mass is 9.92. The minimum Gasteiger partial charge on any atom is -0.480 e. The van der Waals surface area contributed by atoms with E-state index in [1.807, 2.05) is 6.92 Å². The second-order valence-corrected chi connectivity index (χ2v) is 6.21. The Morgan fingerprint density at radius 1 is 1.23 bits per heavy atom. The minimum atomic E-state index is -4.50. The molecule has 1 heterocycles. The Labute approximate surface area is 148 Å². The summed E-state index contributed by atoms with van der Waals surface area (Å²) < 4.78 is 46.9. The molecule has 1 aliphatic rings. The van der Waals surface area contributed by atoms with Crippen molar-refractivity contribution in [3.05, 3.63) is 24.3 Å². The topological polar surface area (TPSA) is 76.1 Å². The molecule has 1 aromatic rings. The second kappa shape index (κ2) is 8.29. The fourth-order valence-electron chi connectivity index (χ4n) is 2.74. The third-order valence-corrected chi connectivity index (χ3v) is 4.06. The zero-order chi connectivity index (χ0) is 19.3. The highest BCUT2D eigenvalue weighted by atomic mass is 19.4. The number of benzene rings is 1. The summed E-state index contributed by atoms with van der Waals surface area (Å²) in [4.78, 5) is 24.9. The van der Waals surface area contributed by atoms with Gasteiger partial charge in [0, 0.05) is 6.54 Å². The van der Waals surface area contributed by atoms with Gasteiger partial charge in [-0.3, -0.25) is 4.79 Å². The molecule has 1 fully saturated rings. The highest BCUT2D eigenvalue weighted by molar-refractivity contribution is 5.84. The molecule has 2 rings (SSSR count). The number of rotatable bonds is 6. The molecule has 0 bridgehead atoms. The number of carboxylic acids is 1. The van der Waals surface area contributed by atoms with Gasteiger partial charge >= 0.3 is 12.1 Å². The Bertz CT molecular complexity index is 650. The normalized spacial score (nSPS) is 20.5. The molecule has 144 valence electrons. The van der Waals surface area contributed by atoms with E-state index in [2.05, 4.69) is 4.74 Å². The molecule has 1 saturated heterocycles. The zero-order valence-electron chi connectivity index (χ0n) is 14.2. The molecule has 0 radical (unpaired) electrons. The van der Waals surface area contributed by atoms with E-state index < -0.39 is 37.3 Å². The van der Waals surface area contributed by atoms with Gasteiger partial charge in [-0.1, -0.05) is 19.1 Å². The quantitative estimate of drug-likeness (QED) is 0.827. The van der Waals surface area contributed by atoms with Crippen LogP contribution in [0.25, 0.3) is 0 Å². The number of aliphatic carboxylic acids is 1. The lowest BCUT2D eigenvalue weighted by Crippen LogP contribution is -2.51. The van der Waals surface area contributed by atoms with Gasteiger partial charge in [0.1, 0.15) is 6.04 Å². The van der Waals surface area contributed by atoms with Gasteiger partial charge in [0.05, 0.1) is 0 Å². The first-order valence-electron chi connectivity index (χ1n) is 8.11. The van der Waals surface area contributed by atoms with Crippen LogP contribution >= 0.6 is 0 Å². The molecule has 0 spiro atoms. The summed E-state index contributed by atoms with van der Waals surface area (Å²) in [5, 5.41) is 9.29. The molecule has 2 atom stereocenters. The van der Waals surface area contributed by atoms with Crippen LogP contribution < -0.4 is 9.47 Å². The van der Waals surface area contributed by atoms with Crippen LogP contribution in [-0.2, 0) is 9.59 Å². The van der Waals surface area contributed by atoms with Crippen molar-refractivity contribution >= 4 is 11.9 Å². The number of hydrogen-bond acceptors (Lipinski definition) is 4.